The van der Waals surface area contributed by atoms with E-state index in [4.69, 9.17) is 5.73 Å². The SMILES string of the molecule is Cc1c(N)nnn1-c1cccc2ccccc12. The molecule has 0 spiro atoms. The molecule has 3 rings (SSSR count). The van der Waals surface area contributed by atoms with Gasteiger partial charge in [0.25, 0.3) is 0 Å². The van der Waals surface area contributed by atoms with Gasteiger partial charge in [0.1, 0.15) is 0 Å². The predicted molar refractivity (Wildman–Crippen MR) is 68.0 cm³/mol. The quantitative estimate of drug-likeness (QED) is 0.690. The maximum absolute atomic E-state index is 5.73. The number of hydrogen-bond acceptors (Lipinski definition) is 3. The lowest BCUT2D eigenvalue weighted by atomic mass is 10.1. The summed E-state index contributed by atoms with van der Waals surface area (Å²) in [5, 5.41) is 10.3. The molecule has 0 aliphatic heterocycles. The van der Waals surface area contributed by atoms with Gasteiger partial charge in [-0.15, -0.1) is 5.10 Å². The van der Waals surface area contributed by atoms with Crippen LogP contribution in [0.1, 0.15) is 5.69 Å². The van der Waals surface area contributed by atoms with Crippen LogP contribution in [0.2, 0.25) is 0 Å². The van der Waals surface area contributed by atoms with Gasteiger partial charge < -0.3 is 5.73 Å². The lowest BCUT2D eigenvalue weighted by Crippen LogP contribution is -2.00. The standard InChI is InChI=1S/C13H12N4/c1-9-13(14)15-16-17(9)12-8-4-6-10-5-2-3-7-11(10)12/h2-8H,14H2,1H3. The molecule has 2 aromatic carbocycles. The summed E-state index contributed by atoms with van der Waals surface area (Å²) in [6.45, 7) is 1.91. The van der Waals surface area contributed by atoms with Crippen molar-refractivity contribution in [2.24, 2.45) is 0 Å². The molecule has 4 nitrogen and oxygen atoms in total. The number of anilines is 1. The molecule has 0 amide bonds. The molecular weight excluding hydrogens is 212 g/mol. The fraction of sp³-hybridized carbons (Fsp3) is 0.0769. The number of hydrogen-bond donors (Lipinski definition) is 1. The Hall–Kier alpha value is -2.36. The highest BCUT2D eigenvalue weighted by Gasteiger charge is 2.09. The Morgan fingerprint density at radius 3 is 2.59 bits per heavy atom. The van der Waals surface area contributed by atoms with Crippen LogP contribution in [-0.4, -0.2) is 15.0 Å². The minimum Gasteiger partial charge on any atom is -0.381 e. The average molecular weight is 224 g/mol. The first-order valence-corrected chi connectivity index (χ1v) is 5.43. The van der Waals surface area contributed by atoms with Crippen LogP contribution < -0.4 is 5.73 Å². The van der Waals surface area contributed by atoms with Crippen molar-refractivity contribution in [2.75, 3.05) is 5.73 Å². The number of benzene rings is 2. The van der Waals surface area contributed by atoms with E-state index < -0.39 is 0 Å². The van der Waals surface area contributed by atoms with Crippen molar-refractivity contribution in [2.45, 2.75) is 6.92 Å². The second-order valence-corrected chi connectivity index (χ2v) is 3.97. The van der Waals surface area contributed by atoms with E-state index in [0.29, 0.717) is 5.82 Å². The zero-order chi connectivity index (χ0) is 11.8. The van der Waals surface area contributed by atoms with Crippen LogP contribution in [-0.2, 0) is 0 Å². The van der Waals surface area contributed by atoms with Gasteiger partial charge in [-0.1, -0.05) is 41.6 Å². The Kier molecular flexibility index (Phi) is 2.08. The molecule has 17 heavy (non-hydrogen) atoms. The zero-order valence-electron chi connectivity index (χ0n) is 9.46. The van der Waals surface area contributed by atoms with Crippen molar-refractivity contribution in [3.63, 3.8) is 0 Å². The minimum atomic E-state index is 0.470. The zero-order valence-corrected chi connectivity index (χ0v) is 9.46. The van der Waals surface area contributed by atoms with Gasteiger partial charge in [0.2, 0.25) is 0 Å². The molecule has 84 valence electrons. The number of nitrogens with two attached hydrogens (primary N) is 1. The summed E-state index contributed by atoms with van der Waals surface area (Å²) >= 11 is 0. The van der Waals surface area contributed by atoms with Crippen LogP contribution in [0.3, 0.4) is 0 Å². The topological polar surface area (TPSA) is 56.7 Å². The lowest BCUT2D eigenvalue weighted by molar-refractivity contribution is 0.790. The summed E-state index contributed by atoms with van der Waals surface area (Å²) in [4.78, 5) is 0. The highest BCUT2D eigenvalue weighted by Crippen LogP contribution is 2.23. The summed E-state index contributed by atoms with van der Waals surface area (Å²) in [6.07, 6.45) is 0. The molecule has 0 unspecified atom stereocenters. The van der Waals surface area contributed by atoms with E-state index in [1.807, 2.05) is 31.2 Å². The van der Waals surface area contributed by atoms with Gasteiger partial charge in [-0.2, -0.15) is 0 Å². The van der Waals surface area contributed by atoms with Crippen molar-refractivity contribution in [1.82, 2.24) is 15.0 Å². The molecule has 1 heterocycles. The van der Waals surface area contributed by atoms with Gasteiger partial charge in [0, 0.05) is 5.39 Å². The monoisotopic (exact) mass is 224 g/mol. The van der Waals surface area contributed by atoms with Gasteiger partial charge in [0.05, 0.1) is 11.4 Å². The second-order valence-electron chi connectivity index (χ2n) is 3.97. The lowest BCUT2D eigenvalue weighted by Gasteiger charge is -2.07. The van der Waals surface area contributed by atoms with Gasteiger partial charge in [0.15, 0.2) is 5.82 Å². The summed E-state index contributed by atoms with van der Waals surface area (Å²) < 4.78 is 1.78. The van der Waals surface area contributed by atoms with Crippen molar-refractivity contribution in [3.05, 3.63) is 48.2 Å². The van der Waals surface area contributed by atoms with Crippen LogP contribution in [0.5, 0.6) is 0 Å². The number of fused-ring (bicyclic) bond motifs is 1. The largest absolute Gasteiger partial charge is 0.381 e. The van der Waals surface area contributed by atoms with E-state index >= 15 is 0 Å². The fourth-order valence-corrected chi connectivity index (χ4v) is 1.96. The fourth-order valence-electron chi connectivity index (χ4n) is 1.96. The molecule has 0 aliphatic rings. The van der Waals surface area contributed by atoms with Crippen molar-refractivity contribution >= 4 is 16.6 Å². The molecule has 0 saturated heterocycles. The smallest absolute Gasteiger partial charge is 0.169 e. The van der Waals surface area contributed by atoms with Crippen LogP contribution in [0.15, 0.2) is 42.5 Å². The molecular formula is C13H12N4. The first-order chi connectivity index (χ1) is 8.27. The van der Waals surface area contributed by atoms with Gasteiger partial charge in [-0.25, -0.2) is 4.68 Å². The summed E-state index contributed by atoms with van der Waals surface area (Å²) in [7, 11) is 0. The molecule has 1 aromatic heterocycles. The Bertz CT molecular complexity index is 679. The van der Waals surface area contributed by atoms with Gasteiger partial charge in [-0.3, -0.25) is 0 Å². The Morgan fingerprint density at radius 2 is 1.82 bits per heavy atom. The first kappa shape index (κ1) is 9.84. The molecule has 3 aromatic rings. The predicted octanol–water partition coefficient (Wildman–Crippen LogP) is 2.31. The van der Waals surface area contributed by atoms with Crippen LogP contribution in [0.25, 0.3) is 16.5 Å². The van der Waals surface area contributed by atoms with Crippen LogP contribution in [0, 0.1) is 6.92 Å². The minimum absolute atomic E-state index is 0.470. The Morgan fingerprint density at radius 1 is 1.06 bits per heavy atom. The summed E-state index contributed by atoms with van der Waals surface area (Å²) in [5.41, 5.74) is 7.59. The van der Waals surface area contributed by atoms with Gasteiger partial charge in [-0.05, 0) is 18.4 Å². The molecule has 0 atom stereocenters. The Labute approximate surface area is 98.7 Å². The second kappa shape index (κ2) is 3.59. The number of nitrogen functional groups attached to an aromatic ring is 1. The van der Waals surface area contributed by atoms with Crippen molar-refractivity contribution < 1.29 is 0 Å². The number of nitrogens with zero attached hydrogens (tertiary/aromatic N) is 3. The van der Waals surface area contributed by atoms with Crippen molar-refractivity contribution in [1.29, 1.82) is 0 Å². The third-order valence-corrected chi connectivity index (χ3v) is 2.93. The molecule has 0 aliphatic carbocycles. The molecule has 0 bridgehead atoms. The van der Waals surface area contributed by atoms with Crippen LogP contribution >= 0.6 is 0 Å². The number of rotatable bonds is 1. The normalized spacial score (nSPS) is 10.9. The summed E-state index contributed by atoms with van der Waals surface area (Å²) in [6, 6.07) is 14.3. The summed E-state index contributed by atoms with van der Waals surface area (Å²) in [5.74, 6) is 0.470. The van der Waals surface area contributed by atoms with Crippen LogP contribution in [0.4, 0.5) is 5.82 Å². The van der Waals surface area contributed by atoms with E-state index in [0.717, 1.165) is 16.8 Å². The third-order valence-electron chi connectivity index (χ3n) is 2.93. The maximum Gasteiger partial charge on any atom is 0.169 e. The molecule has 4 heteroatoms. The molecule has 0 saturated carbocycles. The molecule has 2 N–H and O–H groups in total. The van der Waals surface area contributed by atoms with Crippen molar-refractivity contribution in [3.8, 4) is 5.69 Å². The Balaban J connectivity index is 2.34. The first-order valence-electron chi connectivity index (χ1n) is 5.43. The van der Waals surface area contributed by atoms with Gasteiger partial charge >= 0.3 is 0 Å². The number of aromatic nitrogens is 3. The van der Waals surface area contributed by atoms with E-state index in [-0.39, 0.29) is 0 Å². The molecule has 0 fully saturated rings. The van der Waals surface area contributed by atoms with E-state index in [9.17, 15) is 0 Å². The highest BCUT2D eigenvalue weighted by atomic mass is 15.4. The van der Waals surface area contributed by atoms with E-state index in [1.54, 1.807) is 4.68 Å². The van der Waals surface area contributed by atoms with E-state index in [2.05, 4.69) is 28.5 Å². The maximum atomic E-state index is 5.73. The average Bonchev–Trinajstić information content (AvgIpc) is 2.69. The molecule has 0 radical (unpaired) electrons. The highest BCUT2D eigenvalue weighted by molar-refractivity contribution is 5.90. The third kappa shape index (κ3) is 1.45. The van der Waals surface area contributed by atoms with E-state index in [1.165, 1.54) is 5.39 Å².